The Kier molecular flexibility index (Phi) is 11.0. The Labute approximate surface area is 287 Å². The first-order chi connectivity index (χ1) is 23.6. The summed E-state index contributed by atoms with van der Waals surface area (Å²) in [4.78, 5) is 46.9. The highest BCUT2D eigenvalue weighted by Crippen LogP contribution is 2.58. The lowest BCUT2D eigenvalue weighted by molar-refractivity contribution is -0.765. The van der Waals surface area contributed by atoms with E-state index in [-0.39, 0.29) is 27.8 Å². The summed E-state index contributed by atoms with van der Waals surface area (Å²) in [5.74, 6) is -0.691. The van der Waals surface area contributed by atoms with Gasteiger partial charge in [-0.15, -0.1) is 0 Å². The van der Waals surface area contributed by atoms with Crippen molar-refractivity contribution >= 4 is 50.3 Å². The predicted octanol–water partition coefficient (Wildman–Crippen LogP) is -1.61. The average molecular weight is 764 g/mol. The third-order valence-electron chi connectivity index (χ3n) is 8.38. The number of pyridine rings is 1. The van der Waals surface area contributed by atoms with E-state index in [2.05, 4.69) is 23.8 Å². The third kappa shape index (κ3) is 7.88. The number of aromatic nitrogens is 5. The molecule has 3 fully saturated rings. The van der Waals surface area contributed by atoms with Crippen molar-refractivity contribution in [2.75, 3.05) is 18.9 Å². The highest BCUT2D eigenvalue weighted by Gasteiger charge is 2.50. The highest BCUT2D eigenvalue weighted by molar-refractivity contribution is 7.99. The van der Waals surface area contributed by atoms with Gasteiger partial charge in [0.25, 0.3) is 20.0 Å². The molecule has 2 saturated heterocycles. The van der Waals surface area contributed by atoms with Gasteiger partial charge in [0.05, 0.1) is 13.2 Å². The number of imidazole rings is 1. The van der Waals surface area contributed by atoms with Crippen LogP contribution < -0.4 is 20.9 Å². The summed E-state index contributed by atoms with van der Waals surface area (Å²) in [6, 6.07) is 2.83. The first-order valence-electron chi connectivity index (χ1n) is 15.3. The maximum absolute atomic E-state index is 12.6. The topological polar surface area (TPSA) is 321 Å². The Balaban J connectivity index is 1.07. The fourth-order valence-corrected chi connectivity index (χ4v) is 9.24. The van der Waals surface area contributed by atoms with Gasteiger partial charge in [0.15, 0.2) is 46.9 Å². The quantitative estimate of drug-likeness (QED) is 0.0760. The first-order valence-corrected chi connectivity index (χ1v) is 19.1. The molecular formula is C26H35N7O14P2S. The van der Waals surface area contributed by atoms with Crippen LogP contribution in [0, 0.1) is 0 Å². The number of aliphatic hydroxyl groups is 4. The number of carbonyl (C=O) groups is 1. The molecule has 10 atom stereocenters. The third-order valence-corrected chi connectivity index (χ3v) is 12.2. The van der Waals surface area contributed by atoms with Crippen LogP contribution in [-0.2, 0) is 32.0 Å². The number of nitrogens with two attached hydrogens (primary N) is 2. The molecular weight excluding hydrogens is 728 g/mol. The number of nitrogens with zero attached hydrogens (tertiary/aromatic N) is 5. The Bertz CT molecular complexity index is 1820. The Morgan fingerprint density at radius 2 is 1.74 bits per heavy atom. The highest BCUT2D eigenvalue weighted by atomic mass is 32.2. The lowest BCUT2D eigenvalue weighted by Gasteiger charge is -2.26. The maximum Gasteiger partial charge on any atom is 0.478 e. The number of phosphoric acid groups is 2. The molecule has 24 heteroatoms. The smallest absolute Gasteiger partial charge is 0.478 e. The lowest BCUT2D eigenvalue weighted by atomic mass is 10.1. The van der Waals surface area contributed by atoms with Crippen molar-refractivity contribution in [3.63, 3.8) is 0 Å². The molecule has 3 aliphatic rings. The maximum atomic E-state index is 12.6. The average Bonchev–Trinajstić information content (AvgIpc) is 3.83. The number of thioether (sulfide) groups is 1. The van der Waals surface area contributed by atoms with E-state index in [4.69, 9.17) is 25.5 Å². The zero-order valence-corrected chi connectivity index (χ0v) is 28.5. The van der Waals surface area contributed by atoms with Crippen molar-refractivity contribution in [3.05, 3.63) is 36.4 Å². The molecule has 6 rings (SSSR count). The van der Waals surface area contributed by atoms with Crippen molar-refractivity contribution in [1.82, 2.24) is 19.5 Å². The second kappa shape index (κ2) is 14.8. The van der Waals surface area contributed by atoms with Crippen LogP contribution in [0.1, 0.15) is 48.5 Å². The molecule has 3 aromatic rings. The second-order valence-electron chi connectivity index (χ2n) is 11.8. The number of amides is 1. The van der Waals surface area contributed by atoms with Crippen LogP contribution in [0.2, 0.25) is 0 Å². The van der Waals surface area contributed by atoms with E-state index in [1.54, 1.807) is 0 Å². The van der Waals surface area contributed by atoms with Gasteiger partial charge in [-0.3, -0.25) is 18.5 Å². The van der Waals surface area contributed by atoms with Gasteiger partial charge < -0.3 is 55.7 Å². The monoisotopic (exact) mass is 763 g/mol. The minimum absolute atomic E-state index is 0.0623. The summed E-state index contributed by atoms with van der Waals surface area (Å²) < 4.78 is 52.8. The van der Waals surface area contributed by atoms with Crippen LogP contribution in [0.25, 0.3) is 11.2 Å². The summed E-state index contributed by atoms with van der Waals surface area (Å²) >= 11 is 1.43. The standard InChI is InChI=1S/C26H35N7O14P2S/c27-21-16-23(30-11-29-21)33(26(31-16)50-13-5-1-2-6-13)25-20(37)18(35)15(46-25)10-44-49(41,42)47-48(39,40)43-9-14-17(34)19(36)24(45-14)32-7-3-4-12(8-32)22(28)38/h3-4,7-8,11,13-15,17-20,24-25,34-37H,1-2,5-6,9-10H2,(H5-,27,28,29,30,38,39,40,41,42). The van der Waals surface area contributed by atoms with Crippen LogP contribution in [0.4, 0.5) is 5.82 Å². The molecule has 0 bridgehead atoms. The molecule has 3 aromatic heterocycles. The van der Waals surface area contributed by atoms with E-state index in [1.165, 1.54) is 51.7 Å². The predicted molar refractivity (Wildman–Crippen MR) is 165 cm³/mol. The first kappa shape index (κ1) is 37.1. The summed E-state index contributed by atoms with van der Waals surface area (Å²) in [6.07, 6.45) is -4.30. The number of ether oxygens (including phenoxy) is 2. The summed E-state index contributed by atoms with van der Waals surface area (Å²) in [5.41, 5.74) is 11.8. The minimum atomic E-state index is -5.64. The molecule has 10 unspecified atom stereocenters. The normalized spacial score (nSPS) is 31.2. The van der Waals surface area contributed by atoms with Crippen LogP contribution >= 0.6 is 27.4 Å². The van der Waals surface area contributed by atoms with E-state index in [9.17, 15) is 44.1 Å². The number of anilines is 1. The van der Waals surface area contributed by atoms with E-state index in [0.29, 0.717) is 5.16 Å². The van der Waals surface area contributed by atoms with Gasteiger partial charge >= 0.3 is 7.82 Å². The van der Waals surface area contributed by atoms with E-state index in [1.807, 2.05) is 0 Å². The number of carbonyl (C=O) groups excluding carboxylic acids is 1. The Morgan fingerprint density at radius 1 is 1.06 bits per heavy atom. The van der Waals surface area contributed by atoms with Gasteiger partial charge in [-0.2, -0.15) is 4.57 Å². The number of phosphoric ester groups is 2. The minimum Gasteiger partial charge on any atom is -0.756 e. The molecule has 0 radical (unpaired) electrons. The zero-order chi connectivity index (χ0) is 36.0. The Hall–Kier alpha value is -2.66. The zero-order valence-electron chi connectivity index (χ0n) is 25.9. The summed E-state index contributed by atoms with van der Waals surface area (Å²) in [6.45, 7) is -1.88. The number of aliphatic hydroxyl groups excluding tert-OH is 4. The number of primary amides is 1. The molecule has 0 spiro atoms. The Morgan fingerprint density at radius 3 is 2.46 bits per heavy atom. The van der Waals surface area contributed by atoms with E-state index in [0.717, 1.165) is 25.7 Å². The van der Waals surface area contributed by atoms with Gasteiger partial charge in [0.2, 0.25) is 0 Å². The van der Waals surface area contributed by atoms with E-state index >= 15 is 0 Å². The van der Waals surface area contributed by atoms with Gasteiger partial charge in [-0.05, 0) is 18.9 Å². The van der Waals surface area contributed by atoms with Crippen LogP contribution in [0.5, 0.6) is 0 Å². The van der Waals surface area contributed by atoms with Gasteiger partial charge in [-0.1, -0.05) is 24.6 Å². The number of fused-ring (bicyclic) bond motifs is 1. The molecule has 2 aliphatic heterocycles. The molecule has 21 nitrogen and oxygen atoms in total. The molecule has 5 heterocycles. The SMILES string of the molecule is NC(=O)c1ccc[n+](C2OC(COP(=O)([O-])OP(=O)(O)OCC3OC(n4c(SC5CCCC5)nc5c(N)ncnc54)C(O)C3O)C(O)C2O)c1. The van der Waals surface area contributed by atoms with E-state index < -0.39 is 83.8 Å². The van der Waals surface area contributed by atoms with Gasteiger partial charge in [0.1, 0.15) is 42.4 Å². The molecule has 1 aliphatic carbocycles. The van der Waals surface area contributed by atoms with Crippen molar-refractivity contribution in [3.8, 4) is 0 Å². The number of rotatable bonds is 13. The van der Waals surface area contributed by atoms with Crippen molar-refractivity contribution in [1.29, 1.82) is 0 Å². The number of hydrogen-bond acceptors (Lipinski definition) is 18. The largest absolute Gasteiger partial charge is 0.756 e. The summed E-state index contributed by atoms with van der Waals surface area (Å²) in [7, 11) is -11.1. The number of hydrogen-bond donors (Lipinski definition) is 7. The van der Waals surface area contributed by atoms with Crippen molar-refractivity contribution in [2.24, 2.45) is 5.73 Å². The molecule has 9 N–H and O–H groups in total. The number of nitrogen functional groups attached to an aromatic ring is 1. The molecule has 1 saturated carbocycles. The van der Waals surface area contributed by atoms with Gasteiger partial charge in [0, 0.05) is 11.3 Å². The molecule has 50 heavy (non-hydrogen) atoms. The molecule has 1 amide bonds. The van der Waals surface area contributed by atoms with Crippen molar-refractivity contribution < 1.29 is 71.5 Å². The lowest BCUT2D eigenvalue weighted by Crippen LogP contribution is -2.46. The van der Waals surface area contributed by atoms with Crippen LogP contribution in [-0.4, -0.2) is 106 Å². The second-order valence-corrected chi connectivity index (χ2v) is 16.1. The fourth-order valence-electron chi connectivity index (χ4n) is 5.87. The molecule has 0 aromatic carbocycles. The van der Waals surface area contributed by atoms with Crippen molar-refractivity contribution in [2.45, 2.75) is 85.2 Å². The summed E-state index contributed by atoms with van der Waals surface area (Å²) in [5, 5.41) is 43.2. The van der Waals surface area contributed by atoms with Crippen LogP contribution in [0.3, 0.4) is 0 Å². The molecule has 274 valence electrons. The fraction of sp³-hybridized carbons (Fsp3) is 0.577. The van der Waals surface area contributed by atoms with Gasteiger partial charge in [-0.25, -0.2) is 23.8 Å². The van der Waals surface area contributed by atoms with Crippen LogP contribution in [0.15, 0.2) is 36.0 Å².